The molecule has 3 aliphatic rings. The number of amidine groups is 1. The first kappa shape index (κ1) is 32.2. The number of amides is 2. The molecule has 3 unspecified atom stereocenters. The molecule has 0 radical (unpaired) electrons. The third-order valence-corrected chi connectivity index (χ3v) is 8.91. The van der Waals surface area contributed by atoms with Crippen LogP contribution in [0.4, 0.5) is 22.7 Å². The molecule has 2 saturated heterocycles. The lowest BCUT2D eigenvalue weighted by molar-refractivity contribution is -0.120. The van der Waals surface area contributed by atoms with E-state index < -0.39 is 23.7 Å². The second-order valence-electron chi connectivity index (χ2n) is 11.2. The van der Waals surface area contributed by atoms with Crippen molar-refractivity contribution in [1.29, 1.82) is 0 Å². The molecule has 2 amide bonds. The average molecular weight is 698 g/mol. The largest absolute Gasteiger partial charge is 0.351 e. The molecule has 46 heavy (non-hydrogen) atoms. The van der Waals surface area contributed by atoms with E-state index in [4.69, 9.17) is 56.1 Å². The van der Waals surface area contributed by atoms with E-state index in [1.807, 2.05) is 51.1 Å². The van der Waals surface area contributed by atoms with E-state index >= 15 is 0 Å². The number of rotatable bonds is 7. The summed E-state index contributed by atoms with van der Waals surface area (Å²) in [5.41, 5.74) is 6.17. The van der Waals surface area contributed by atoms with Crippen molar-refractivity contribution in [3.63, 3.8) is 0 Å². The minimum Gasteiger partial charge on any atom is -0.351 e. The molecule has 6 rings (SSSR count). The summed E-state index contributed by atoms with van der Waals surface area (Å²) < 4.78 is 5.94. The van der Waals surface area contributed by atoms with Gasteiger partial charge in [-0.15, -0.1) is 0 Å². The van der Waals surface area contributed by atoms with Gasteiger partial charge in [0, 0.05) is 23.7 Å². The fraction of sp³-hybridized carbons (Fsp3) is 0.242. The number of hydrazine groups is 1. The van der Waals surface area contributed by atoms with Crippen molar-refractivity contribution < 1.29 is 14.3 Å². The number of halogens is 4. The molecule has 1 spiro atoms. The maximum atomic E-state index is 13.8. The second kappa shape index (κ2) is 12.8. The van der Waals surface area contributed by atoms with Crippen LogP contribution in [0.25, 0.3) is 0 Å². The van der Waals surface area contributed by atoms with Gasteiger partial charge in [-0.1, -0.05) is 81.8 Å². The second-order valence-corrected chi connectivity index (χ2v) is 12.8. The number of benzene rings is 3. The first-order chi connectivity index (χ1) is 22.0. The summed E-state index contributed by atoms with van der Waals surface area (Å²) in [6, 6.07) is 14.2. The van der Waals surface area contributed by atoms with Gasteiger partial charge in [-0.2, -0.15) is 10.2 Å². The molecule has 1 N–H and O–H groups in total. The Morgan fingerprint density at radius 3 is 2.43 bits per heavy atom. The molecular formula is C33H28Cl4N6O3. The molecule has 3 aromatic carbocycles. The van der Waals surface area contributed by atoms with Gasteiger partial charge in [-0.3, -0.25) is 15.0 Å². The Labute approximate surface area is 286 Å². The molecule has 9 nitrogen and oxygen atoms in total. The molecule has 236 valence electrons. The summed E-state index contributed by atoms with van der Waals surface area (Å²) in [5.74, 6) is -0.574. The third-order valence-electron chi connectivity index (χ3n) is 7.79. The van der Waals surface area contributed by atoms with Crippen LogP contribution in [0.1, 0.15) is 25.8 Å². The summed E-state index contributed by atoms with van der Waals surface area (Å²) in [5, 5.41) is 10.7. The van der Waals surface area contributed by atoms with Crippen molar-refractivity contribution in [2.24, 2.45) is 15.2 Å². The number of hydrogen-bond acceptors (Lipinski definition) is 6. The molecule has 1 aliphatic carbocycles. The number of epoxide rings is 1. The van der Waals surface area contributed by atoms with E-state index in [0.717, 1.165) is 16.1 Å². The number of azo groups is 1. The Bertz CT molecular complexity index is 1840. The summed E-state index contributed by atoms with van der Waals surface area (Å²) in [7, 11) is 0. The van der Waals surface area contributed by atoms with Gasteiger partial charge in [-0.25, -0.2) is 10.0 Å². The lowest BCUT2D eigenvalue weighted by atomic mass is 9.91. The maximum Gasteiger partial charge on any atom is 0.280 e. The highest BCUT2D eigenvalue weighted by Crippen LogP contribution is 2.46. The van der Waals surface area contributed by atoms with Crippen molar-refractivity contribution in [3.05, 3.63) is 104 Å². The zero-order chi connectivity index (χ0) is 32.7. The first-order valence-corrected chi connectivity index (χ1v) is 16.0. The Kier molecular flexibility index (Phi) is 8.98. The monoisotopic (exact) mass is 696 g/mol. The number of ether oxygens (including phenoxy) is 1. The van der Waals surface area contributed by atoms with Gasteiger partial charge in [0.15, 0.2) is 11.9 Å². The molecule has 3 atom stereocenters. The molecule has 0 bridgehead atoms. The van der Waals surface area contributed by atoms with E-state index in [9.17, 15) is 9.59 Å². The Balaban J connectivity index is 1.35. The van der Waals surface area contributed by atoms with Crippen molar-refractivity contribution in [2.45, 2.75) is 44.9 Å². The van der Waals surface area contributed by atoms with E-state index in [0.29, 0.717) is 40.1 Å². The van der Waals surface area contributed by atoms with Crippen LogP contribution >= 0.6 is 46.4 Å². The van der Waals surface area contributed by atoms with E-state index in [2.05, 4.69) is 15.7 Å². The quantitative estimate of drug-likeness (QED) is 0.197. The van der Waals surface area contributed by atoms with Gasteiger partial charge < -0.3 is 9.64 Å². The molecule has 2 heterocycles. The van der Waals surface area contributed by atoms with Crippen molar-refractivity contribution in [3.8, 4) is 0 Å². The number of aryl methyl sites for hydroxylation is 1. The molecule has 2 fully saturated rings. The van der Waals surface area contributed by atoms with Gasteiger partial charge in [0.25, 0.3) is 11.8 Å². The molecule has 3 aromatic rings. The van der Waals surface area contributed by atoms with E-state index in [1.165, 1.54) is 12.1 Å². The van der Waals surface area contributed by atoms with Gasteiger partial charge in [0.1, 0.15) is 11.3 Å². The number of likely N-dealkylation sites (N-methyl/N-ethyl adjacent to an activating group) is 1. The van der Waals surface area contributed by atoms with Gasteiger partial charge in [0.2, 0.25) is 6.04 Å². The minimum atomic E-state index is -1.19. The highest BCUT2D eigenvalue weighted by Gasteiger charge is 2.60. The lowest BCUT2D eigenvalue weighted by Crippen LogP contribution is -2.37. The Hall–Kier alpha value is -3.73. The van der Waals surface area contributed by atoms with Gasteiger partial charge in [-0.05, 0) is 69.3 Å². The van der Waals surface area contributed by atoms with Gasteiger partial charge in [0.05, 0.1) is 26.4 Å². The highest BCUT2D eigenvalue weighted by molar-refractivity contribution is 6.43. The van der Waals surface area contributed by atoms with Crippen LogP contribution in [-0.2, 0) is 14.3 Å². The molecule has 0 saturated carbocycles. The standard InChI is InChI=1S/C33H28Cl4N6O3/c1-4-42(32(45)29-33(46-29)13-5-6-19(3)17-33)22-11-12-23(35)26(16-22)38-30-27(40-39-21-9-7-18(2)8-10-21)31(44)43(41-30)28-24(36)14-20(34)15-25(28)37/h5-16,27,29H,4,17H2,1-3H3,(H,38,41). The third kappa shape index (κ3) is 6.30. The smallest absolute Gasteiger partial charge is 0.280 e. The van der Waals surface area contributed by atoms with Crippen molar-refractivity contribution >= 4 is 86.8 Å². The van der Waals surface area contributed by atoms with Crippen LogP contribution in [0.3, 0.4) is 0 Å². The Morgan fingerprint density at radius 2 is 1.76 bits per heavy atom. The van der Waals surface area contributed by atoms with E-state index in [-0.39, 0.29) is 27.5 Å². The molecule has 13 heteroatoms. The maximum absolute atomic E-state index is 13.8. The summed E-state index contributed by atoms with van der Waals surface area (Å²) in [4.78, 5) is 33.8. The number of nitrogens with zero attached hydrogens (tertiary/aromatic N) is 5. The van der Waals surface area contributed by atoms with Crippen molar-refractivity contribution in [1.82, 2.24) is 5.43 Å². The number of hydrogen-bond donors (Lipinski definition) is 1. The van der Waals surface area contributed by atoms with E-state index in [1.54, 1.807) is 35.2 Å². The number of anilines is 2. The fourth-order valence-corrected chi connectivity index (χ4v) is 6.58. The minimum absolute atomic E-state index is 0.121. The fourth-order valence-electron chi connectivity index (χ4n) is 5.44. The van der Waals surface area contributed by atoms with Crippen LogP contribution in [0.15, 0.2) is 93.6 Å². The normalized spacial score (nSPS) is 22.9. The summed E-state index contributed by atoms with van der Waals surface area (Å²) >= 11 is 25.7. The highest BCUT2D eigenvalue weighted by atomic mass is 35.5. The molecule has 2 aliphatic heterocycles. The van der Waals surface area contributed by atoms with Crippen LogP contribution in [0, 0.1) is 6.92 Å². The lowest BCUT2D eigenvalue weighted by Gasteiger charge is -2.22. The Morgan fingerprint density at radius 1 is 1.04 bits per heavy atom. The van der Waals surface area contributed by atoms with Crippen LogP contribution in [-0.4, -0.2) is 41.9 Å². The number of allylic oxidation sites excluding steroid dienone is 2. The number of carbonyl (C=O) groups excluding carboxylic acids is 2. The predicted molar refractivity (Wildman–Crippen MR) is 183 cm³/mol. The van der Waals surface area contributed by atoms with Gasteiger partial charge >= 0.3 is 0 Å². The molecule has 0 aromatic heterocycles. The number of carbonyl (C=O) groups is 2. The number of aliphatic imine (C=N–C) groups is 1. The average Bonchev–Trinajstić information content (AvgIpc) is 3.60. The molecular weight excluding hydrogens is 670 g/mol. The zero-order valence-electron chi connectivity index (χ0n) is 25.0. The first-order valence-electron chi connectivity index (χ1n) is 14.4. The van der Waals surface area contributed by atoms with Crippen LogP contribution < -0.4 is 15.3 Å². The zero-order valence-corrected chi connectivity index (χ0v) is 28.0. The number of nitrogens with one attached hydrogen (secondary N) is 1. The van der Waals surface area contributed by atoms with Crippen LogP contribution in [0.5, 0.6) is 0 Å². The summed E-state index contributed by atoms with van der Waals surface area (Å²) in [6.07, 6.45) is 5.94. The van der Waals surface area contributed by atoms with Crippen molar-refractivity contribution in [2.75, 3.05) is 16.5 Å². The SMILES string of the molecule is CCN(C(=O)C1OC12C=CC=C(C)C2)c1ccc(Cl)c(N=C2NN(c3c(Cl)cc(Cl)cc3Cl)C(=O)C2N=Nc2ccc(C)cc2)c1. The summed E-state index contributed by atoms with van der Waals surface area (Å²) in [6.45, 7) is 6.24. The topological polar surface area (TPSA) is 102 Å². The predicted octanol–water partition coefficient (Wildman–Crippen LogP) is 8.74. The van der Waals surface area contributed by atoms with Crippen LogP contribution in [0.2, 0.25) is 20.1 Å².